The number of hydrogen-bond donors (Lipinski definition) is 1. The molecule has 0 aliphatic carbocycles. The van der Waals surface area contributed by atoms with E-state index in [9.17, 15) is 9.18 Å². The number of fused-ring (bicyclic) bond motifs is 1. The van der Waals surface area contributed by atoms with Crippen molar-refractivity contribution >= 4 is 23.4 Å². The zero-order valence-corrected chi connectivity index (χ0v) is 14.2. The molecule has 0 radical (unpaired) electrons. The molecular weight excluding hydrogens is 337 g/mol. The number of aromatic nitrogens is 2. The summed E-state index contributed by atoms with van der Waals surface area (Å²) in [6.45, 7) is 0.997. The summed E-state index contributed by atoms with van der Waals surface area (Å²) in [6, 6.07) is 13.9. The Hall–Kier alpha value is -2.60. The van der Waals surface area contributed by atoms with Crippen LogP contribution in [-0.2, 0) is 17.8 Å². The molecule has 0 bridgehead atoms. The lowest BCUT2D eigenvalue weighted by Crippen LogP contribution is -2.15. The smallest absolute Gasteiger partial charge is 0.228 e. The van der Waals surface area contributed by atoms with Gasteiger partial charge in [-0.3, -0.25) is 4.79 Å². The number of aryl methyl sites for hydroxylation is 1. The van der Waals surface area contributed by atoms with E-state index < -0.39 is 0 Å². The summed E-state index contributed by atoms with van der Waals surface area (Å²) in [5.74, 6) is 0.476. The SMILES string of the molecule is O=C(Cc1ccccc1F)Nc1ccc(-c2cn3c(n2)SCC3)cc1. The van der Waals surface area contributed by atoms with Gasteiger partial charge in [0.25, 0.3) is 0 Å². The van der Waals surface area contributed by atoms with Gasteiger partial charge in [0, 0.05) is 29.7 Å². The summed E-state index contributed by atoms with van der Waals surface area (Å²) in [6.07, 6.45) is 2.07. The fourth-order valence-electron chi connectivity index (χ4n) is 2.79. The van der Waals surface area contributed by atoms with Gasteiger partial charge in [-0.25, -0.2) is 9.37 Å². The van der Waals surface area contributed by atoms with E-state index >= 15 is 0 Å². The van der Waals surface area contributed by atoms with E-state index in [1.54, 1.807) is 30.0 Å². The van der Waals surface area contributed by atoms with Crippen LogP contribution in [0.5, 0.6) is 0 Å². The van der Waals surface area contributed by atoms with Crippen molar-refractivity contribution in [1.29, 1.82) is 0 Å². The lowest BCUT2D eigenvalue weighted by atomic mass is 10.1. The highest BCUT2D eigenvalue weighted by atomic mass is 32.2. The van der Waals surface area contributed by atoms with Crippen LogP contribution in [-0.4, -0.2) is 21.2 Å². The number of imidazole rings is 1. The Morgan fingerprint density at radius 2 is 2.00 bits per heavy atom. The second-order valence-corrected chi connectivity index (χ2v) is 6.91. The number of thioether (sulfide) groups is 1. The maximum atomic E-state index is 13.6. The second-order valence-electron chi connectivity index (χ2n) is 5.84. The van der Waals surface area contributed by atoms with Crippen molar-refractivity contribution in [1.82, 2.24) is 9.55 Å². The van der Waals surface area contributed by atoms with Crippen molar-refractivity contribution in [3.05, 3.63) is 66.1 Å². The van der Waals surface area contributed by atoms with Crippen LogP contribution in [0, 0.1) is 5.82 Å². The Bertz CT molecular complexity index is 899. The molecule has 0 spiro atoms. The summed E-state index contributed by atoms with van der Waals surface area (Å²) < 4.78 is 15.8. The van der Waals surface area contributed by atoms with E-state index in [0.717, 1.165) is 28.7 Å². The highest BCUT2D eigenvalue weighted by molar-refractivity contribution is 7.99. The van der Waals surface area contributed by atoms with Gasteiger partial charge < -0.3 is 9.88 Å². The lowest BCUT2D eigenvalue weighted by molar-refractivity contribution is -0.115. The van der Waals surface area contributed by atoms with Gasteiger partial charge >= 0.3 is 0 Å². The number of nitrogens with one attached hydrogen (secondary N) is 1. The minimum atomic E-state index is -0.362. The number of nitrogens with zero attached hydrogens (tertiary/aromatic N) is 2. The highest BCUT2D eigenvalue weighted by Gasteiger charge is 2.15. The summed E-state index contributed by atoms with van der Waals surface area (Å²) in [5.41, 5.74) is 3.02. The van der Waals surface area contributed by atoms with Crippen LogP contribution in [0.1, 0.15) is 5.56 Å². The average Bonchev–Trinajstić information content (AvgIpc) is 3.19. The number of hydrogen-bond acceptors (Lipinski definition) is 3. The third kappa shape index (κ3) is 3.44. The molecule has 1 aliphatic rings. The minimum Gasteiger partial charge on any atom is -0.326 e. The molecule has 0 saturated heterocycles. The number of rotatable bonds is 4. The third-order valence-corrected chi connectivity index (χ3v) is 5.05. The van der Waals surface area contributed by atoms with Crippen molar-refractivity contribution < 1.29 is 9.18 Å². The minimum absolute atomic E-state index is 0.0133. The van der Waals surface area contributed by atoms with Gasteiger partial charge in [-0.2, -0.15) is 0 Å². The van der Waals surface area contributed by atoms with Crippen molar-refractivity contribution in [3.63, 3.8) is 0 Å². The molecule has 3 aromatic rings. The Labute approximate surface area is 149 Å². The molecule has 126 valence electrons. The maximum absolute atomic E-state index is 13.6. The summed E-state index contributed by atoms with van der Waals surface area (Å²) in [7, 11) is 0. The molecule has 1 amide bonds. The molecule has 4 rings (SSSR count). The molecule has 0 fully saturated rings. The van der Waals surface area contributed by atoms with Crippen molar-refractivity contribution in [2.24, 2.45) is 0 Å². The number of carbonyl (C=O) groups excluding carboxylic acids is 1. The fourth-order valence-corrected chi connectivity index (χ4v) is 3.74. The fraction of sp³-hybridized carbons (Fsp3) is 0.158. The van der Waals surface area contributed by atoms with Crippen LogP contribution in [0.2, 0.25) is 0 Å². The molecule has 2 aromatic carbocycles. The molecule has 2 heterocycles. The topological polar surface area (TPSA) is 46.9 Å². The Balaban J connectivity index is 1.43. The summed E-state index contributed by atoms with van der Waals surface area (Å²) in [4.78, 5) is 16.7. The Morgan fingerprint density at radius 3 is 2.76 bits per heavy atom. The zero-order chi connectivity index (χ0) is 17.2. The van der Waals surface area contributed by atoms with Crippen molar-refractivity contribution in [3.8, 4) is 11.3 Å². The van der Waals surface area contributed by atoms with Gasteiger partial charge in [0.1, 0.15) is 5.82 Å². The second kappa shape index (κ2) is 6.72. The first-order chi connectivity index (χ1) is 12.2. The largest absolute Gasteiger partial charge is 0.326 e. The number of benzene rings is 2. The molecular formula is C19H16FN3OS. The Kier molecular flexibility index (Phi) is 4.28. The predicted molar refractivity (Wildman–Crippen MR) is 97.1 cm³/mol. The van der Waals surface area contributed by atoms with Crippen LogP contribution in [0.25, 0.3) is 11.3 Å². The van der Waals surface area contributed by atoms with Gasteiger partial charge in [-0.15, -0.1) is 0 Å². The van der Waals surface area contributed by atoms with E-state index in [1.807, 2.05) is 24.3 Å². The molecule has 6 heteroatoms. The average molecular weight is 353 g/mol. The highest BCUT2D eigenvalue weighted by Crippen LogP contribution is 2.29. The van der Waals surface area contributed by atoms with Crippen molar-refractivity contribution in [2.75, 3.05) is 11.1 Å². The molecule has 1 aliphatic heterocycles. The maximum Gasteiger partial charge on any atom is 0.228 e. The van der Waals surface area contributed by atoms with Gasteiger partial charge in [-0.1, -0.05) is 42.1 Å². The molecule has 0 unspecified atom stereocenters. The predicted octanol–water partition coefficient (Wildman–Crippen LogP) is 3.98. The first-order valence-electron chi connectivity index (χ1n) is 8.03. The molecule has 1 aromatic heterocycles. The van der Waals surface area contributed by atoms with Gasteiger partial charge in [0.15, 0.2) is 5.16 Å². The first kappa shape index (κ1) is 15.9. The van der Waals surface area contributed by atoms with Crippen LogP contribution in [0.15, 0.2) is 59.9 Å². The van der Waals surface area contributed by atoms with Crippen LogP contribution in [0.4, 0.5) is 10.1 Å². The summed E-state index contributed by atoms with van der Waals surface area (Å²) in [5, 5.41) is 3.85. The van der Waals surface area contributed by atoms with E-state index in [-0.39, 0.29) is 18.1 Å². The quantitative estimate of drug-likeness (QED) is 0.772. The molecule has 4 nitrogen and oxygen atoms in total. The molecule has 0 atom stereocenters. The number of halogens is 1. The van der Waals surface area contributed by atoms with E-state index in [1.165, 1.54) is 6.07 Å². The van der Waals surface area contributed by atoms with Gasteiger partial charge in [-0.05, 0) is 23.8 Å². The van der Waals surface area contributed by atoms with E-state index in [2.05, 4.69) is 21.1 Å². The number of carbonyl (C=O) groups is 1. The monoisotopic (exact) mass is 353 g/mol. The number of amides is 1. The standard InChI is InChI=1S/C19H16FN3OS/c20-16-4-2-1-3-14(16)11-18(24)21-15-7-5-13(6-8-15)17-12-23-9-10-25-19(23)22-17/h1-8,12H,9-11H2,(H,21,24). The lowest BCUT2D eigenvalue weighted by Gasteiger charge is -2.07. The zero-order valence-electron chi connectivity index (χ0n) is 13.4. The number of anilines is 1. The third-order valence-electron chi connectivity index (χ3n) is 4.08. The first-order valence-corrected chi connectivity index (χ1v) is 9.01. The molecule has 1 N–H and O–H groups in total. The van der Waals surface area contributed by atoms with Gasteiger partial charge in [0.05, 0.1) is 12.1 Å². The summed E-state index contributed by atoms with van der Waals surface area (Å²) >= 11 is 1.76. The van der Waals surface area contributed by atoms with E-state index in [4.69, 9.17) is 0 Å². The van der Waals surface area contributed by atoms with Crippen LogP contribution >= 0.6 is 11.8 Å². The molecule has 0 saturated carbocycles. The van der Waals surface area contributed by atoms with Gasteiger partial charge in [0.2, 0.25) is 5.91 Å². The van der Waals surface area contributed by atoms with Crippen LogP contribution in [0.3, 0.4) is 0 Å². The Morgan fingerprint density at radius 1 is 1.20 bits per heavy atom. The normalized spacial score (nSPS) is 12.8. The van der Waals surface area contributed by atoms with Crippen LogP contribution < -0.4 is 5.32 Å². The van der Waals surface area contributed by atoms with E-state index in [0.29, 0.717) is 11.3 Å². The molecule has 25 heavy (non-hydrogen) atoms. The van der Waals surface area contributed by atoms with Crippen molar-refractivity contribution in [2.45, 2.75) is 18.1 Å².